The van der Waals surface area contributed by atoms with Gasteiger partial charge in [0.15, 0.2) is 0 Å². The number of hydrogen-bond donors (Lipinski definition) is 0. The summed E-state index contributed by atoms with van der Waals surface area (Å²) in [6.45, 7) is 1.46. The van der Waals surface area contributed by atoms with Gasteiger partial charge in [0.2, 0.25) is 5.91 Å². The van der Waals surface area contributed by atoms with E-state index in [2.05, 4.69) is 9.72 Å². The first-order valence-electron chi connectivity index (χ1n) is 9.78. The Morgan fingerprint density at radius 1 is 1.03 bits per heavy atom. The Morgan fingerprint density at radius 3 is 2.29 bits per heavy atom. The fourth-order valence-corrected chi connectivity index (χ4v) is 4.46. The summed E-state index contributed by atoms with van der Waals surface area (Å²) in [5.74, 6) is 0.500. The molecular formula is C18H20F6N4O3. The zero-order valence-electron chi connectivity index (χ0n) is 16.2. The Morgan fingerprint density at radius 2 is 1.68 bits per heavy atom. The van der Waals surface area contributed by atoms with Gasteiger partial charge in [-0.25, -0.2) is 9.78 Å². The second-order valence-electron chi connectivity index (χ2n) is 8.25. The van der Waals surface area contributed by atoms with Gasteiger partial charge >= 0.3 is 18.4 Å². The first-order valence-corrected chi connectivity index (χ1v) is 9.78. The highest BCUT2D eigenvalue weighted by Crippen LogP contribution is 2.60. The molecule has 0 N–H and O–H groups in total. The number of aromatic nitrogens is 2. The molecule has 1 aromatic heterocycles. The predicted molar refractivity (Wildman–Crippen MR) is 91.4 cm³/mol. The van der Waals surface area contributed by atoms with Gasteiger partial charge in [0, 0.05) is 44.5 Å². The van der Waals surface area contributed by atoms with Crippen LogP contribution < -0.4 is 0 Å². The van der Waals surface area contributed by atoms with Crippen molar-refractivity contribution >= 4 is 12.0 Å². The Hall–Kier alpha value is -2.47. The van der Waals surface area contributed by atoms with Gasteiger partial charge in [0.1, 0.15) is 5.82 Å². The lowest BCUT2D eigenvalue weighted by Crippen LogP contribution is -2.49. The molecule has 3 aliphatic rings. The van der Waals surface area contributed by atoms with Crippen molar-refractivity contribution in [2.75, 3.05) is 19.6 Å². The van der Waals surface area contributed by atoms with Gasteiger partial charge in [0.05, 0.1) is 6.54 Å². The van der Waals surface area contributed by atoms with Crippen LogP contribution in [-0.4, -0.2) is 69.4 Å². The van der Waals surface area contributed by atoms with Crippen LogP contribution in [-0.2, 0) is 22.6 Å². The van der Waals surface area contributed by atoms with Crippen LogP contribution in [0.5, 0.6) is 0 Å². The third kappa shape index (κ3) is 4.18. The van der Waals surface area contributed by atoms with Crippen molar-refractivity contribution in [3.63, 3.8) is 0 Å². The molecule has 2 fully saturated rings. The number of piperidine rings is 1. The molecule has 1 aromatic rings. The van der Waals surface area contributed by atoms with Crippen LogP contribution in [0, 0.1) is 11.3 Å². The van der Waals surface area contributed by atoms with Gasteiger partial charge in [-0.05, 0) is 24.7 Å². The summed E-state index contributed by atoms with van der Waals surface area (Å²) in [5, 5.41) is 0. The van der Waals surface area contributed by atoms with Crippen LogP contribution in [0.1, 0.15) is 25.1 Å². The van der Waals surface area contributed by atoms with Crippen LogP contribution in [0.25, 0.3) is 0 Å². The maximum Gasteiger partial charge on any atom is 0.434 e. The van der Waals surface area contributed by atoms with E-state index >= 15 is 0 Å². The standard InChI is InChI=1S/C18H20F6N4O3/c19-17(20,21)14(18(22,23)24)31-15(30)27-4-1-16(2-5-27)9-11(16)13(29)28-8-7-26-6-3-25-12(26)10-28/h3,6,11,14H,1-2,4-5,7-10H2. The number of fused-ring (bicyclic) bond motifs is 1. The molecule has 1 unspecified atom stereocenters. The second-order valence-corrected chi connectivity index (χ2v) is 8.25. The predicted octanol–water partition coefficient (Wildman–Crippen LogP) is 2.96. The van der Waals surface area contributed by atoms with E-state index in [1.54, 1.807) is 11.1 Å². The molecule has 172 valence electrons. The van der Waals surface area contributed by atoms with E-state index in [1.807, 2.05) is 10.8 Å². The quantitative estimate of drug-likeness (QED) is 0.645. The van der Waals surface area contributed by atoms with Gasteiger partial charge in [0.25, 0.3) is 6.10 Å². The van der Waals surface area contributed by atoms with Crippen molar-refractivity contribution in [2.45, 2.75) is 50.8 Å². The number of amides is 2. The molecule has 7 nitrogen and oxygen atoms in total. The normalized spacial score (nSPS) is 23.1. The number of likely N-dealkylation sites (tertiary alicyclic amines) is 1. The summed E-state index contributed by atoms with van der Waals surface area (Å²) in [5.41, 5.74) is -0.367. The van der Waals surface area contributed by atoms with Gasteiger partial charge < -0.3 is 19.1 Å². The monoisotopic (exact) mass is 454 g/mol. The number of alkyl halides is 6. The van der Waals surface area contributed by atoms with Crippen molar-refractivity contribution < 1.29 is 40.7 Å². The number of hydrogen-bond acceptors (Lipinski definition) is 4. The highest BCUT2D eigenvalue weighted by molar-refractivity contribution is 5.83. The fraction of sp³-hybridized carbons (Fsp3) is 0.722. The Kier molecular flexibility index (Phi) is 5.12. The highest BCUT2D eigenvalue weighted by atomic mass is 19.4. The molecular weight excluding hydrogens is 434 g/mol. The first-order chi connectivity index (χ1) is 14.4. The number of halogens is 6. The van der Waals surface area contributed by atoms with Gasteiger partial charge in [-0.1, -0.05) is 0 Å². The van der Waals surface area contributed by atoms with Gasteiger partial charge in [-0.3, -0.25) is 4.79 Å². The Balaban J connectivity index is 1.31. The number of carbonyl (C=O) groups is 2. The highest BCUT2D eigenvalue weighted by Gasteiger charge is 2.62. The summed E-state index contributed by atoms with van der Waals surface area (Å²) in [6.07, 6.45) is -12.6. The first kappa shape index (κ1) is 21.8. The lowest BCUT2D eigenvalue weighted by atomic mass is 9.90. The molecule has 1 aliphatic carbocycles. The number of ether oxygens (including phenoxy) is 1. The van der Waals surface area contributed by atoms with Crippen LogP contribution >= 0.6 is 0 Å². The molecule has 2 aliphatic heterocycles. The Bertz CT molecular complexity index is 845. The number of carbonyl (C=O) groups excluding carboxylic acids is 2. The van der Waals surface area contributed by atoms with Crippen molar-refractivity contribution in [1.82, 2.24) is 19.4 Å². The van der Waals surface area contributed by atoms with Gasteiger partial charge in [-0.15, -0.1) is 0 Å². The molecule has 0 radical (unpaired) electrons. The minimum absolute atomic E-state index is 0.0283. The number of imidazole rings is 1. The third-order valence-electron chi connectivity index (χ3n) is 6.37. The molecule has 1 saturated heterocycles. The van der Waals surface area contributed by atoms with E-state index in [4.69, 9.17) is 0 Å². The van der Waals surface area contributed by atoms with Crippen LogP contribution in [0.4, 0.5) is 31.1 Å². The molecule has 0 bridgehead atoms. The third-order valence-corrected chi connectivity index (χ3v) is 6.37. The van der Waals surface area contributed by atoms with Crippen LogP contribution in [0.2, 0.25) is 0 Å². The largest absolute Gasteiger partial charge is 0.434 e. The van der Waals surface area contributed by atoms with E-state index in [9.17, 15) is 35.9 Å². The SMILES string of the molecule is O=C(OC(C(F)(F)F)C(F)(F)F)N1CCC2(CC1)CC2C(=O)N1CCn2ccnc2C1. The van der Waals surface area contributed by atoms with Crippen LogP contribution in [0.3, 0.4) is 0 Å². The van der Waals surface area contributed by atoms with Crippen molar-refractivity contribution in [3.05, 3.63) is 18.2 Å². The van der Waals surface area contributed by atoms with Gasteiger partial charge in [-0.2, -0.15) is 26.3 Å². The minimum atomic E-state index is -5.75. The summed E-state index contributed by atoms with van der Waals surface area (Å²) in [4.78, 5) is 31.6. The summed E-state index contributed by atoms with van der Waals surface area (Å²) < 4.78 is 81.3. The molecule has 13 heteroatoms. The average Bonchev–Trinajstić information content (AvgIpc) is 3.16. The molecule has 3 heterocycles. The fourth-order valence-electron chi connectivity index (χ4n) is 4.46. The molecule has 0 aromatic carbocycles. The summed E-state index contributed by atoms with van der Waals surface area (Å²) in [6, 6.07) is 0. The van der Waals surface area contributed by atoms with Crippen LogP contribution in [0.15, 0.2) is 12.4 Å². The Labute approximate surface area is 172 Å². The smallest absolute Gasteiger partial charge is 0.426 e. The van der Waals surface area contributed by atoms with Crippen molar-refractivity contribution in [3.8, 4) is 0 Å². The van der Waals surface area contributed by atoms with E-state index < -0.39 is 24.5 Å². The number of rotatable bonds is 2. The van der Waals surface area contributed by atoms with E-state index in [-0.39, 0.29) is 30.3 Å². The zero-order chi connectivity index (χ0) is 22.6. The van der Waals surface area contributed by atoms with Crippen molar-refractivity contribution in [2.24, 2.45) is 11.3 Å². The molecule has 1 atom stereocenters. The lowest BCUT2D eigenvalue weighted by Gasteiger charge is -2.34. The topological polar surface area (TPSA) is 67.7 Å². The van der Waals surface area contributed by atoms with E-state index in [0.717, 1.165) is 10.7 Å². The summed E-state index contributed by atoms with van der Waals surface area (Å²) >= 11 is 0. The van der Waals surface area contributed by atoms with E-state index in [1.165, 1.54) is 0 Å². The van der Waals surface area contributed by atoms with E-state index in [0.29, 0.717) is 38.9 Å². The minimum Gasteiger partial charge on any atom is -0.426 e. The zero-order valence-corrected chi connectivity index (χ0v) is 16.2. The molecule has 31 heavy (non-hydrogen) atoms. The lowest BCUT2D eigenvalue weighted by molar-refractivity contribution is -0.308. The average molecular weight is 454 g/mol. The van der Waals surface area contributed by atoms with Crippen molar-refractivity contribution in [1.29, 1.82) is 0 Å². The second kappa shape index (κ2) is 7.30. The molecule has 1 spiro atoms. The molecule has 4 rings (SSSR count). The molecule has 1 saturated carbocycles. The molecule has 2 amide bonds. The maximum atomic E-state index is 12.9. The maximum absolute atomic E-state index is 12.9. The number of nitrogens with zero attached hydrogens (tertiary/aromatic N) is 4. The summed E-state index contributed by atoms with van der Waals surface area (Å²) in [7, 11) is 0.